The average Bonchev–Trinajstić information content (AvgIpc) is 2.41. The van der Waals surface area contributed by atoms with Crippen LogP contribution in [0.25, 0.3) is 0 Å². The third-order valence-electron chi connectivity index (χ3n) is 2.23. The molecule has 0 atom stereocenters. The van der Waals surface area contributed by atoms with Gasteiger partial charge in [0.05, 0.1) is 26.5 Å². The van der Waals surface area contributed by atoms with Crippen LogP contribution in [0, 0.1) is 0 Å². The molecule has 20 heavy (non-hydrogen) atoms. The normalized spacial score (nSPS) is 11.8. The van der Waals surface area contributed by atoms with E-state index in [1.165, 1.54) is 13.3 Å². The lowest BCUT2D eigenvalue weighted by molar-refractivity contribution is 0.259. The number of methoxy groups -OCH3 is 1. The second kappa shape index (κ2) is 8.21. The number of hydrogen-bond donors (Lipinski definition) is 2. The standard InChI is InChI=1S/C12H19N2O4PS/c1-4-17-19(20,18-5-2)14-13-9-10-7-6-8-11(16-3)12(10)15/h6-9,15H,4-5H2,1-3H3,(H,14,20)/b13-9+. The molecule has 0 bridgehead atoms. The lowest BCUT2D eigenvalue weighted by Gasteiger charge is -2.19. The first kappa shape index (κ1) is 16.9. The zero-order valence-electron chi connectivity index (χ0n) is 11.7. The van der Waals surface area contributed by atoms with Crippen molar-refractivity contribution in [2.45, 2.75) is 13.8 Å². The third kappa shape index (κ3) is 4.76. The van der Waals surface area contributed by atoms with E-state index in [4.69, 9.17) is 25.6 Å². The molecule has 0 aliphatic rings. The largest absolute Gasteiger partial charge is 0.504 e. The van der Waals surface area contributed by atoms with E-state index < -0.39 is 6.64 Å². The monoisotopic (exact) mass is 318 g/mol. The smallest absolute Gasteiger partial charge is 0.303 e. The Labute approximate surface area is 124 Å². The van der Waals surface area contributed by atoms with Gasteiger partial charge in [-0.05, 0) is 37.8 Å². The summed E-state index contributed by atoms with van der Waals surface area (Å²) in [6.45, 7) is 1.92. The molecule has 112 valence electrons. The summed E-state index contributed by atoms with van der Waals surface area (Å²) < 4.78 is 15.8. The molecule has 0 aliphatic heterocycles. The van der Waals surface area contributed by atoms with Crippen molar-refractivity contribution in [3.63, 3.8) is 0 Å². The van der Waals surface area contributed by atoms with E-state index in [-0.39, 0.29) is 5.75 Å². The number of hydrogen-bond acceptors (Lipinski definition) is 6. The first-order chi connectivity index (χ1) is 9.56. The molecule has 0 saturated heterocycles. The molecule has 0 heterocycles. The van der Waals surface area contributed by atoms with E-state index in [9.17, 15) is 5.11 Å². The van der Waals surface area contributed by atoms with Crippen molar-refractivity contribution >= 4 is 24.7 Å². The van der Waals surface area contributed by atoms with Crippen LogP contribution >= 0.6 is 6.64 Å². The predicted molar refractivity (Wildman–Crippen MR) is 82.9 cm³/mol. The molecular formula is C12H19N2O4PS. The third-order valence-corrected chi connectivity index (χ3v) is 4.67. The fourth-order valence-corrected chi connectivity index (χ4v) is 3.26. The number of para-hydroxylation sites is 1. The summed E-state index contributed by atoms with van der Waals surface area (Å²) in [6.07, 6.45) is 1.44. The molecule has 0 amide bonds. The van der Waals surface area contributed by atoms with E-state index in [1.807, 2.05) is 13.8 Å². The zero-order chi connectivity index (χ0) is 15.0. The second-order valence-corrected chi connectivity index (χ2v) is 6.74. The Morgan fingerprint density at radius 2 is 2.00 bits per heavy atom. The van der Waals surface area contributed by atoms with Crippen LogP contribution < -0.4 is 9.93 Å². The van der Waals surface area contributed by atoms with E-state index in [2.05, 4.69) is 10.3 Å². The Morgan fingerprint density at radius 1 is 1.35 bits per heavy atom. The summed E-state index contributed by atoms with van der Waals surface area (Å²) in [7, 11) is 1.48. The number of ether oxygens (including phenoxy) is 1. The van der Waals surface area contributed by atoms with Gasteiger partial charge in [0.2, 0.25) is 0 Å². The van der Waals surface area contributed by atoms with E-state index in [0.717, 1.165) is 0 Å². The van der Waals surface area contributed by atoms with E-state index in [0.29, 0.717) is 24.5 Å². The van der Waals surface area contributed by atoms with Gasteiger partial charge in [0.15, 0.2) is 11.5 Å². The summed E-state index contributed by atoms with van der Waals surface area (Å²) in [4.78, 5) is 0. The Kier molecular flexibility index (Phi) is 6.95. The lowest BCUT2D eigenvalue weighted by atomic mass is 10.2. The number of nitrogens with one attached hydrogen (secondary N) is 1. The van der Waals surface area contributed by atoms with Gasteiger partial charge in [0.1, 0.15) is 0 Å². The maximum Gasteiger partial charge on any atom is 0.303 e. The van der Waals surface area contributed by atoms with Gasteiger partial charge in [-0.15, -0.1) is 0 Å². The Bertz CT molecular complexity index is 500. The van der Waals surface area contributed by atoms with Crippen molar-refractivity contribution in [3.05, 3.63) is 23.8 Å². The van der Waals surface area contributed by atoms with Crippen LogP contribution in [0.1, 0.15) is 19.4 Å². The van der Waals surface area contributed by atoms with Crippen LogP contribution in [-0.2, 0) is 20.9 Å². The minimum atomic E-state index is -2.62. The van der Waals surface area contributed by atoms with E-state index >= 15 is 0 Å². The molecule has 8 heteroatoms. The summed E-state index contributed by atoms with van der Waals surface area (Å²) >= 11 is 5.25. The van der Waals surface area contributed by atoms with Crippen LogP contribution in [0.5, 0.6) is 11.5 Å². The molecule has 0 radical (unpaired) electrons. The molecular weight excluding hydrogens is 299 g/mol. The number of hydrazone groups is 1. The number of aromatic hydroxyl groups is 1. The van der Waals surface area contributed by atoms with Crippen molar-refractivity contribution in [2.24, 2.45) is 5.10 Å². The molecule has 1 aromatic carbocycles. The maximum absolute atomic E-state index is 9.90. The first-order valence-corrected chi connectivity index (χ1v) is 8.75. The number of phenols is 1. The number of phenolic OH excluding ortho intramolecular Hbond substituents is 1. The van der Waals surface area contributed by atoms with Crippen molar-refractivity contribution in [2.75, 3.05) is 20.3 Å². The molecule has 0 aromatic heterocycles. The predicted octanol–water partition coefficient (Wildman–Crippen LogP) is 2.62. The zero-order valence-corrected chi connectivity index (χ0v) is 13.4. The quantitative estimate of drug-likeness (QED) is 0.436. The van der Waals surface area contributed by atoms with Gasteiger partial charge in [0, 0.05) is 5.56 Å². The van der Waals surface area contributed by atoms with Crippen molar-refractivity contribution in [1.82, 2.24) is 5.20 Å². The molecule has 1 aromatic rings. The minimum Gasteiger partial charge on any atom is -0.504 e. The highest BCUT2D eigenvalue weighted by Gasteiger charge is 2.16. The molecule has 0 saturated carbocycles. The summed E-state index contributed by atoms with van der Waals surface area (Å²) in [5.41, 5.74) is 0.506. The molecule has 0 aliphatic carbocycles. The number of benzene rings is 1. The van der Waals surface area contributed by atoms with Crippen LogP contribution in [0.3, 0.4) is 0 Å². The van der Waals surface area contributed by atoms with Crippen molar-refractivity contribution in [1.29, 1.82) is 0 Å². The molecule has 0 spiro atoms. The van der Waals surface area contributed by atoms with Gasteiger partial charge < -0.3 is 18.9 Å². The van der Waals surface area contributed by atoms with Gasteiger partial charge in [-0.1, -0.05) is 6.07 Å². The maximum atomic E-state index is 9.90. The van der Waals surface area contributed by atoms with Gasteiger partial charge >= 0.3 is 6.64 Å². The van der Waals surface area contributed by atoms with Crippen molar-refractivity contribution in [3.8, 4) is 11.5 Å². The first-order valence-electron chi connectivity index (χ1n) is 6.11. The summed E-state index contributed by atoms with van der Waals surface area (Å²) in [5, 5.41) is 16.6. The second-order valence-electron chi connectivity index (χ2n) is 3.59. The lowest BCUT2D eigenvalue weighted by Crippen LogP contribution is -2.09. The highest BCUT2D eigenvalue weighted by molar-refractivity contribution is 8.08. The topological polar surface area (TPSA) is 72.3 Å². The number of rotatable bonds is 8. The molecule has 0 fully saturated rings. The minimum absolute atomic E-state index is 0.0154. The highest BCUT2D eigenvalue weighted by atomic mass is 32.5. The molecule has 6 nitrogen and oxygen atoms in total. The van der Waals surface area contributed by atoms with Gasteiger partial charge in [-0.25, -0.2) is 5.20 Å². The SMILES string of the molecule is CCOP(=S)(N/N=C/c1cccc(OC)c1O)OCC. The van der Waals surface area contributed by atoms with E-state index in [1.54, 1.807) is 18.2 Å². The molecule has 2 N–H and O–H groups in total. The Morgan fingerprint density at radius 3 is 2.55 bits per heavy atom. The van der Waals surface area contributed by atoms with Gasteiger partial charge in [-0.3, -0.25) is 0 Å². The highest BCUT2D eigenvalue weighted by Crippen LogP contribution is 2.43. The van der Waals surface area contributed by atoms with Crippen molar-refractivity contribution < 1.29 is 18.9 Å². The van der Waals surface area contributed by atoms with Gasteiger partial charge in [-0.2, -0.15) is 5.10 Å². The fourth-order valence-electron chi connectivity index (χ4n) is 1.41. The fraction of sp³-hybridized carbons (Fsp3) is 0.417. The van der Waals surface area contributed by atoms with Crippen LogP contribution in [-0.4, -0.2) is 31.6 Å². The molecule has 0 unspecified atom stereocenters. The van der Waals surface area contributed by atoms with Crippen LogP contribution in [0.4, 0.5) is 0 Å². The molecule has 1 rings (SSSR count). The van der Waals surface area contributed by atoms with Crippen LogP contribution in [0.2, 0.25) is 0 Å². The summed E-state index contributed by atoms with van der Waals surface area (Å²) in [5.74, 6) is 0.393. The average molecular weight is 318 g/mol. The van der Waals surface area contributed by atoms with Crippen LogP contribution in [0.15, 0.2) is 23.3 Å². The Balaban J connectivity index is 2.80. The Hall–Kier alpha value is -1.14. The number of nitrogens with zero attached hydrogens (tertiary/aromatic N) is 1. The van der Waals surface area contributed by atoms with Gasteiger partial charge in [0.25, 0.3) is 0 Å². The summed E-state index contributed by atoms with van der Waals surface area (Å²) in [6, 6.07) is 5.11.